The molecule has 17 heavy (non-hydrogen) atoms. The highest BCUT2D eigenvalue weighted by Gasteiger charge is 2.08. The molecule has 4 heteroatoms. The molecule has 94 valence electrons. The number of hydrogen-bond acceptors (Lipinski definition) is 3. The fraction of sp³-hybridized carbons (Fsp3) is 0.462. The number of amides is 1. The van der Waals surface area contributed by atoms with Gasteiger partial charge in [-0.3, -0.25) is 4.79 Å². The van der Waals surface area contributed by atoms with E-state index in [1.54, 1.807) is 6.07 Å². The molecule has 0 saturated heterocycles. The van der Waals surface area contributed by atoms with E-state index in [0.29, 0.717) is 5.56 Å². The summed E-state index contributed by atoms with van der Waals surface area (Å²) in [6, 6.07) is 7.50. The first-order chi connectivity index (χ1) is 8.15. The summed E-state index contributed by atoms with van der Waals surface area (Å²) < 4.78 is 0. The maximum Gasteiger partial charge on any atom is 0.249 e. The van der Waals surface area contributed by atoms with Crippen LogP contribution < -0.4 is 11.1 Å². The van der Waals surface area contributed by atoms with E-state index in [4.69, 9.17) is 5.73 Å². The molecule has 1 rings (SSSR count). The number of carbonyl (C=O) groups is 1. The Bertz CT molecular complexity index is 365. The van der Waals surface area contributed by atoms with Gasteiger partial charge in [0, 0.05) is 12.1 Å². The monoisotopic (exact) mass is 235 g/mol. The van der Waals surface area contributed by atoms with Crippen molar-refractivity contribution < 1.29 is 4.79 Å². The molecule has 3 N–H and O–H groups in total. The lowest BCUT2D eigenvalue weighted by Gasteiger charge is -2.17. The van der Waals surface area contributed by atoms with Gasteiger partial charge in [0.25, 0.3) is 0 Å². The Labute approximate surface area is 103 Å². The van der Waals surface area contributed by atoms with Crippen molar-refractivity contribution in [2.45, 2.75) is 13.0 Å². The summed E-state index contributed by atoms with van der Waals surface area (Å²) >= 11 is 0. The van der Waals surface area contributed by atoms with Crippen molar-refractivity contribution in [3.05, 3.63) is 35.4 Å². The van der Waals surface area contributed by atoms with Crippen LogP contribution in [0.4, 0.5) is 0 Å². The summed E-state index contributed by atoms with van der Waals surface area (Å²) in [6.07, 6.45) is 1.09. The zero-order valence-electron chi connectivity index (χ0n) is 10.6. The van der Waals surface area contributed by atoms with E-state index in [2.05, 4.69) is 10.2 Å². The van der Waals surface area contributed by atoms with Gasteiger partial charge in [-0.2, -0.15) is 0 Å². The van der Waals surface area contributed by atoms with E-state index in [-0.39, 0.29) is 5.91 Å². The lowest BCUT2D eigenvalue weighted by molar-refractivity contribution is 0.0998. The molecule has 0 aliphatic carbocycles. The summed E-state index contributed by atoms with van der Waals surface area (Å²) in [4.78, 5) is 13.5. The first-order valence-electron chi connectivity index (χ1n) is 5.86. The summed E-state index contributed by atoms with van der Waals surface area (Å²) in [5.41, 5.74) is 6.96. The molecule has 0 bridgehead atoms. The number of carbonyl (C=O) groups excluding carboxylic acids is 1. The van der Waals surface area contributed by atoms with Crippen LogP contribution in [0.25, 0.3) is 0 Å². The van der Waals surface area contributed by atoms with Gasteiger partial charge in [-0.1, -0.05) is 18.2 Å². The van der Waals surface area contributed by atoms with E-state index in [0.717, 1.165) is 31.6 Å². The van der Waals surface area contributed by atoms with Gasteiger partial charge in [0.15, 0.2) is 0 Å². The lowest BCUT2D eigenvalue weighted by atomic mass is 10.1. The van der Waals surface area contributed by atoms with Gasteiger partial charge in [0.05, 0.1) is 0 Å². The van der Waals surface area contributed by atoms with Gasteiger partial charge in [-0.15, -0.1) is 0 Å². The molecule has 0 unspecified atom stereocenters. The molecular weight excluding hydrogens is 214 g/mol. The van der Waals surface area contributed by atoms with Crippen LogP contribution in [0.1, 0.15) is 22.3 Å². The van der Waals surface area contributed by atoms with Crippen molar-refractivity contribution in [3.8, 4) is 0 Å². The number of nitrogens with two attached hydrogens (primary N) is 1. The normalized spacial score (nSPS) is 10.8. The van der Waals surface area contributed by atoms with Crippen LogP contribution in [0.2, 0.25) is 0 Å². The van der Waals surface area contributed by atoms with Crippen molar-refractivity contribution in [3.63, 3.8) is 0 Å². The fourth-order valence-corrected chi connectivity index (χ4v) is 1.79. The molecule has 0 heterocycles. The van der Waals surface area contributed by atoms with Crippen LogP contribution in [0.15, 0.2) is 24.3 Å². The zero-order chi connectivity index (χ0) is 12.7. The molecule has 1 aromatic rings. The summed E-state index contributed by atoms with van der Waals surface area (Å²) in [7, 11) is 4.00. The molecular formula is C13H21N3O. The SMILES string of the molecule is CNCCCN(C)Cc1ccccc1C(N)=O. The summed E-state index contributed by atoms with van der Waals surface area (Å²) in [5.74, 6) is -0.357. The number of hydrogen-bond donors (Lipinski definition) is 2. The Hall–Kier alpha value is -1.39. The molecule has 0 spiro atoms. The molecule has 0 aromatic heterocycles. The van der Waals surface area contributed by atoms with E-state index in [1.165, 1.54) is 0 Å². The molecule has 0 radical (unpaired) electrons. The number of nitrogens with zero attached hydrogens (tertiary/aromatic N) is 1. The average Bonchev–Trinajstić information content (AvgIpc) is 2.29. The predicted molar refractivity (Wildman–Crippen MR) is 69.8 cm³/mol. The van der Waals surface area contributed by atoms with Gasteiger partial charge in [0.1, 0.15) is 0 Å². The Morgan fingerprint density at radius 1 is 1.41 bits per heavy atom. The van der Waals surface area contributed by atoms with E-state index < -0.39 is 0 Å². The Kier molecular flexibility index (Phi) is 5.66. The van der Waals surface area contributed by atoms with E-state index in [9.17, 15) is 4.79 Å². The number of benzene rings is 1. The molecule has 0 fully saturated rings. The third-order valence-corrected chi connectivity index (χ3v) is 2.69. The van der Waals surface area contributed by atoms with Crippen molar-refractivity contribution in [1.29, 1.82) is 0 Å². The highest BCUT2D eigenvalue weighted by Crippen LogP contribution is 2.10. The first kappa shape index (κ1) is 13.7. The van der Waals surface area contributed by atoms with E-state index >= 15 is 0 Å². The molecule has 0 saturated carbocycles. The highest BCUT2D eigenvalue weighted by atomic mass is 16.1. The van der Waals surface area contributed by atoms with Crippen LogP contribution >= 0.6 is 0 Å². The predicted octanol–water partition coefficient (Wildman–Crippen LogP) is 0.827. The second-order valence-corrected chi connectivity index (χ2v) is 4.22. The van der Waals surface area contributed by atoms with Crippen molar-refractivity contribution in [2.24, 2.45) is 5.73 Å². The van der Waals surface area contributed by atoms with Crippen molar-refractivity contribution in [1.82, 2.24) is 10.2 Å². The largest absolute Gasteiger partial charge is 0.366 e. The molecule has 0 aliphatic rings. The third kappa shape index (κ3) is 4.54. The van der Waals surface area contributed by atoms with Gasteiger partial charge < -0.3 is 16.0 Å². The maximum absolute atomic E-state index is 11.3. The zero-order valence-corrected chi connectivity index (χ0v) is 10.6. The second kappa shape index (κ2) is 7.04. The summed E-state index contributed by atoms with van der Waals surface area (Å²) in [6.45, 7) is 2.75. The number of rotatable bonds is 7. The second-order valence-electron chi connectivity index (χ2n) is 4.22. The topological polar surface area (TPSA) is 58.4 Å². The molecule has 0 aliphatic heterocycles. The third-order valence-electron chi connectivity index (χ3n) is 2.69. The minimum Gasteiger partial charge on any atom is -0.366 e. The number of primary amides is 1. The smallest absolute Gasteiger partial charge is 0.249 e. The molecule has 0 atom stereocenters. The minimum absolute atomic E-state index is 0.357. The molecule has 4 nitrogen and oxygen atoms in total. The maximum atomic E-state index is 11.3. The van der Waals surface area contributed by atoms with Crippen LogP contribution in [0.3, 0.4) is 0 Å². The fourth-order valence-electron chi connectivity index (χ4n) is 1.79. The number of nitrogens with one attached hydrogen (secondary N) is 1. The highest BCUT2D eigenvalue weighted by molar-refractivity contribution is 5.94. The van der Waals surface area contributed by atoms with E-state index in [1.807, 2.05) is 32.3 Å². The van der Waals surface area contributed by atoms with Gasteiger partial charge in [-0.05, 0) is 45.2 Å². The quantitative estimate of drug-likeness (QED) is 0.688. The van der Waals surface area contributed by atoms with Gasteiger partial charge >= 0.3 is 0 Å². The Morgan fingerprint density at radius 3 is 2.76 bits per heavy atom. The molecule has 1 aromatic carbocycles. The average molecular weight is 235 g/mol. The van der Waals surface area contributed by atoms with Crippen molar-refractivity contribution >= 4 is 5.91 Å². The van der Waals surface area contributed by atoms with Crippen molar-refractivity contribution in [2.75, 3.05) is 27.2 Å². The standard InChI is InChI=1S/C13H21N3O/c1-15-8-5-9-16(2)10-11-6-3-4-7-12(11)13(14)17/h3-4,6-7,15H,5,8-10H2,1-2H3,(H2,14,17). The van der Waals surface area contributed by atoms with Gasteiger partial charge in [-0.25, -0.2) is 0 Å². The van der Waals surface area contributed by atoms with Crippen LogP contribution in [0, 0.1) is 0 Å². The van der Waals surface area contributed by atoms with Crippen LogP contribution in [-0.4, -0.2) is 38.0 Å². The molecule has 1 amide bonds. The van der Waals surface area contributed by atoms with Crippen LogP contribution in [0.5, 0.6) is 0 Å². The first-order valence-corrected chi connectivity index (χ1v) is 5.86. The summed E-state index contributed by atoms with van der Waals surface area (Å²) in [5, 5.41) is 3.12. The van der Waals surface area contributed by atoms with Gasteiger partial charge in [0.2, 0.25) is 5.91 Å². The Morgan fingerprint density at radius 2 is 2.12 bits per heavy atom. The Balaban J connectivity index is 2.58. The minimum atomic E-state index is -0.357. The lowest BCUT2D eigenvalue weighted by Crippen LogP contribution is -2.24. The van der Waals surface area contributed by atoms with Crippen LogP contribution in [-0.2, 0) is 6.54 Å².